The molecule has 180 valence electrons. The molecule has 8 heteroatoms. The van der Waals surface area contributed by atoms with Crippen LogP contribution in [0.4, 0.5) is 10.5 Å². The van der Waals surface area contributed by atoms with Crippen molar-refractivity contribution in [1.29, 1.82) is 0 Å². The lowest BCUT2D eigenvalue weighted by Gasteiger charge is -2.19. The van der Waals surface area contributed by atoms with Crippen LogP contribution in [0.25, 0.3) is 0 Å². The third kappa shape index (κ3) is 8.10. The van der Waals surface area contributed by atoms with Crippen LogP contribution in [0.15, 0.2) is 82.3 Å². The smallest absolute Gasteiger partial charge is 0.412 e. The first-order chi connectivity index (χ1) is 16.6. The van der Waals surface area contributed by atoms with Gasteiger partial charge in [-0.25, -0.2) is 4.79 Å². The number of nitrogens with one attached hydrogen (secondary N) is 1. The summed E-state index contributed by atoms with van der Waals surface area (Å²) in [6.07, 6.45) is 2.45. The van der Waals surface area contributed by atoms with Crippen molar-refractivity contribution in [3.8, 4) is 11.8 Å². The van der Waals surface area contributed by atoms with Crippen molar-refractivity contribution < 1.29 is 19.4 Å². The average Bonchev–Trinajstić information content (AvgIpc) is 2.81. The van der Waals surface area contributed by atoms with E-state index in [2.05, 4.69) is 26.5 Å². The second kappa shape index (κ2) is 11.5. The predicted octanol–water partition coefficient (Wildman–Crippen LogP) is 5.54. The Labute approximate surface area is 206 Å². The fourth-order valence-electron chi connectivity index (χ4n) is 2.80. The zero-order valence-corrected chi connectivity index (χ0v) is 20.7. The molecule has 0 bridgehead atoms. The number of carbonyl (C=O) groups excluding carboxylic acids is 2. The molecule has 1 heterocycles. The molecule has 0 aliphatic carbocycles. The number of carbonyl (C=O) groups is 2. The van der Waals surface area contributed by atoms with Crippen molar-refractivity contribution in [2.24, 2.45) is 4.36 Å². The molecular formula is C27H26N3O4S-. The van der Waals surface area contributed by atoms with E-state index in [1.165, 1.54) is 13.1 Å². The maximum atomic E-state index is 12.8. The van der Waals surface area contributed by atoms with Gasteiger partial charge in [0.2, 0.25) is 0 Å². The number of aromatic nitrogens is 1. The Morgan fingerprint density at radius 3 is 2.29 bits per heavy atom. The van der Waals surface area contributed by atoms with Gasteiger partial charge in [0, 0.05) is 29.2 Å². The third-order valence-corrected chi connectivity index (χ3v) is 5.91. The van der Waals surface area contributed by atoms with Crippen molar-refractivity contribution in [2.45, 2.75) is 38.2 Å². The Balaban J connectivity index is 1.75. The number of ether oxygens (including phenoxy) is 1. The average molecular weight is 489 g/mol. The molecule has 0 aliphatic heterocycles. The van der Waals surface area contributed by atoms with Gasteiger partial charge >= 0.3 is 6.09 Å². The van der Waals surface area contributed by atoms with E-state index in [1.807, 2.05) is 30.3 Å². The Morgan fingerprint density at radius 1 is 1.00 bits per heavy atom. The van der Waals surface area contributed by atoms with E-state index in [-0.39, 0.29) is 10.6 Å². The Hall–Kier alpha value is -3.93. The lowest BCUT2D eigenvalue weighted by atomic mass is 10.1. The highest BCUT2D eigenvalue weighted by Gasteiger charge is 2.16. The summed E-state index contributed by atoms with van der Waals surface area (Å²) >= 11 is 0. The second-order valence-electron chi connectivity index (χ2n) is 8.43. The van der Waals surface area contributed by atoms with Gasteiger partial charge in [0.05, 0.1) is 5.56 Å². The molecule has 0 aliphatic rings. The minimum Gasteiger partial charge on any atom is -0.444 e. The third-order valence-electron chi connectivity index (χ3n) is 4.29. The molecule has 3 rings (SSSR count). The van der Waals surface area contributed by atoms with Crippen molar-refractivity contribution in [3.05, 3.63) is 89.7 Å². The van der Waals surface area contributed by atoms with Crippen molar-refractivity contribution in [2.75, 3.05) is 5.32 Å². The lowest BCUT2D eigenvalue weighted by molar-refractivity contribution is 0.0635. The number of amides is 2. The molecule has 3 aromatic rings. The van der Waals surface area contributed by atoms with Crippen LogP contribution in [0.2, 0.25) is 0 Å². The number of hydrogen-bond donors (Lipinski definition) is 2. The Morgan fingerprint density at radius 2 is 1.66 bits per heavy atom. The van der Waals surface area contributed by atoms with E-state index >= 15 is 0 Å². The van der Waals surface area contributed by atoms with Crippen LogP contribution in [-0.4, -0.2) is 32.7 Å². The van der Waals surface area contributed by atoms with Crippen LogP contribution in [0.3, 0.4) is 0 Å². The second-order valence-corrected chi connectivity index (χ2v) is 10.2. The number of benzene rings is 2. The fourth-order valence-corrected chi connectivity index (χ4v) is 4.07. The van der Waals surface area contributed by atoms with Crippen molar-refractivity contribution >= 4 is 33.0 Å². The van der Waals surface area contributed by atoms with Crippen LogP contribution < -0.4 is 5.32 Å². The normalized spacial score (nSPS) is 12.2. The molecule has 0 saturated carbocycles. The van der Waals surface area contributed by atoms with Crippen LogP contribution in [0.5, 0.6) is 0 Å². The molecular weight excluding hydrogens is 462 g/mol. The summed E-state index contributed by atoms with van der Waals surface area (Å²) in [6, 6.07) is 17.7. The largest absolute Gasteiger partial charge is 0.444 e. The molecule has 35 heavy (non-hydrogen) atoms. The van der Waals surface area contributed by atoms with Crippen LogP contribution in [0, 0.1) is 11.8 Å². The highest BCUT2D eigenvalue weighted by molar-refractivity contribution is 7.87. The van der Waals surface area contributed by atoms with Gasteiger partial charge in [-0.3, -0.25) is 15.1 Å². The topological polar surface area (TPSA) is 101 Å². The minimum atomic E-state index is -1.08. The predicted molar refractivity (Wildman–Crippen MR) is 139 cm³/mol. The molecule has 0 unspecified atom stereocenters. The quantitative estimate of drug-likeness (QED) is 0.286. The fraction of sp³-hybridized carbons (Fsp3) is 0.185. The molecule has 0 saturated heterocycles. The van der Waals surface area contributed by atoms with Gasteiger partial charge in [-0.1, -0.05) is 47.2 Å². The maximum Gasteiger partial charge on any atom is 0.412 e. The summed E-state index contributed by atoms with van der Waals surface area (Å²) in [4.78, 5) is 29.5. The van der Waals surface area contributed by atoms with Gasteiger partial charge in [0.1, 0.15) is 5.60 Å². The highest BCUT2D eigenvalue weighted by Crippen LogP contribution is 2.13. The van der Waals surface area contributed by atoms with E-state index in [0.717, 1.165) is 10.5 Å². The number of aliphatic hydroxyl groups excluding tert-OH is 1. The number of pyridine rings is 1. The standard InChI is InChI=1S/C27H26N3O4S/c1-19(31)35(24-8-6-5-7-9-24)30-25(32)22-16-21(17-28-18-22)11-10-20-12-14-23(15-13-20)29-26(33)34-27(2,3)4/h5-9,12-18,31H,1-4H3,(H,29,33)/q-1. The summed E-state index contributed by atoms with van der Waals surface area (Å²) in [6.45, 7) is 6.92. The van der Waals surface area contributed by atoms with Gasteiger partial charge in [-0.15, -0.1) is 4.90 Å². The van der Waals surface area contributed by atoms with Gasteiger partial charge in [0.25, 0.3) is 5.91 Å². The zero-order valence-electron chi connectivity index (χ0n) is 19.9. The van der Waals surface area contributed by atoms with Gasteiger partial charge in [-0.05, 0) is 58.0 Å². The SMILES string of the molecule is CC(O)=[S-](=NC(=O)c1cncc(C#Cc2ccc(NC(=O)OC(C)(C)C)cc2)c1)c1ccccc1. The van der Waals surface area contributed by atoms with E-state index in [4.69, 9.17) is 4.74 Å². The molecule has 2 aromatic carbocycles. The van der Waals surface area contributed by atoms with E-state index in [0.29, 0.717) is 11.3 Å². The Bertz CT molecular complexity index is 1370. The Kier molecular flexibility index (Phi) is 8.42. The molecule has 2 amide bonds. The monoisotopic (exact) mass is 488 g/mol. The van der Waals surface area contributed by atoms with E-state index in [1.54, 1.807) is 57.3 Å². The summed E-state index contributed by atoms with van der Waals surface area (Å²) in [5, 5.41) is 12.8. The summed E-state index contributed by atoms with van der Waals surface area (Å²) < 4.78 is 9.44. The molecule has 0 atom stereocenters. The van der Waals surface area contributed by atoms with Crippen LogP contribution >= 0.6 is 0 Å². The highest BCUT2D eigenvalue weighted by atomic mass is 32.2. The molecule has 7 nitrogen and oxygen atoms in total. The number of rotatable bonds is 3. The first-order valence-corrected chi connectivity index (χ1v) is 11.9. The van der Waals surface area contributed by atoms with E-state index < -0.39 is 27.9 Å². The summed E-state index contributed by atoms with van der Waals surface area (Å²) in [5.74, 6) is 5.51. The first kappa shape index (κ1) is 25.7. The molecule has 2 N–H and O–H groups in total. The molecule has 0 fully saturated rings. The first-order valence-electron chi connectivity index (χ1n) is 10.8. The zero-order chi connectivity index (χ0) is 25.4. The van der Waals surface area contributed by atoms with Gasteiger partial charge in [-0.2, -0.15) is 0 Å². The van der Waals surface area contributed by atoms with Gasteiger partial charge < -0.3 is 24.5 Å². The molecule has 0 spiro atoms. The summed E-state index contributed by atoms with van der Waals surface area (Å²) in [7, 11) is -1.08. The van der Waals surface area contributed by atoms with Crippen molar-refractivity contribution in [1.82, 2.24) is 4.98 Å². The number of aliphatic hydroxyl groups is 1. The maximum absolute atomic E-state index is 12.8. The number of nitrogens with zero attached hydrogens (tertiary/aromatic N) is 2. The number of anilines is 1. The van der Waals surface area contributed by atoms with Crippen LogP contribution in [0.1, 0.15) is 49.2 Å². The van der Waals surface area contributed by atoms with Gasteiger partial charge in [0.15, 0.2) is 0 Å². The number of hydrogen-bond acceptors (Lipinski definition) is 5. The van der Waals surface area contributed by atoms with Crippen LogP contribution in [-0.2, 0) is 15.0 Å². The lowest BCUT2D eigenvalue weighted by Crippen LogP contribution is -2.27. The molecule has 1 aromatic heterocycles. The molecule has 0 radical (unpaired) electrons. The minimum absolute atomic E-state index is 0.0538. The van der Waals surface area contributed by atoms with E-state index in [9.17, 15) is 14.7 Å². The summed E-state index contributed by atoms with van der Waals surface area (Å²) in [5.41, 5.74) is 1.56. The van der Waals surface area contributed by atoms with Crippen molar-refractivity contribution in [3.63, 3.8) is 0 Å².